The number of nitrogens with zero attached hydrogens (tertiary/aromatic N) is 2. The van der Waals surface area contributed by atoms with E-state index in [1.165, 1.54) is 6.20 Å². The van der Waals surface area contributed by atoms with Gasteiger partial charge in [-0.15, -0.1) is 5.92 Å². The van der Waals surface area contributed by atoms with Crippen molar-refractivity contribution in [2.75, 3.05) is 23.3 Å². The lowest BCUT2D eigenvalue weighted by molar-refractivity contribution is -0.136. The van der Waals surface area contributed by atoms with Crippen LogP contribution in [-0.4, -0.2) is 65.3 Å². The van der Waals surface area contributed by atoms with Crippen LogP contribution in [0.2, 0.25) is 5.02 Å². The van der Waals surface area contributed by atoms with Gasteiger partial charge in [0.25, 0.3) is 11.8 Å². The Balaban J connectivity index is 1.17. The largest absolute Gasteiger partial charge is 0.377 e. The standard InChI is InChI=1S/C34H31ClN6O5/c1-4-5-20-8-11-27(26(35)14-20)38-33(46)34(2,3)37-17-21(16-36)6-7-22-18-40(19-22)23-9-10-24-25(15-23)32(45)41(31(24)44)28-12-13-29(42)39-30(28)43/h8-11,14-17,22,28,36-37H,12-13,18-19H2,1-3H3,(H,38,46)(H,39,42,43)/b21-17-,36-16?. The van der Waals surface area contributed by atoms with Gasteiger partial charge in [0.1, 0.15) is 11.6 Å². The van der Waals surface area contributed by atoms with Crippen LogP contribution in [0.1, 0.15) is 59.9 Å². The summed E-state index contributed by atoms with van der Waals surface area (Å²) < 4.78 is 0. The van der Waals surface area contributed by atoms with Crippen molar-refractivity contribution in [2.45, 2.75) is 45.2 Å². The van der Waals surface area contributed by atoms with Crippen LogP contribution in [0.25, 0.3) is 0 Å². The van der Waals surface area contributed by atoms with Gasteiger partial charge < -0.3 is 20.9 Å². The Labute approximate surface area is 271 Å². The zero-order chi connectivity index (χ0) is 33.2. The lowest BCUT2D eigenvalue weighted by atomic mass is 9.98. The summed E-state index contributed by atoms with van der Waals surface area (Å²) in [5.74, 6) is 9.33. The first-order valence-electron chi connectivity index (χ1n) is 14.6. The van der Waals surface area contributed by atoms with Crippen LogP contribution in [0.4, 0.5) is 11.4 Å². The minimum absolute atomic E-state index is 0.00673. The van der Waals surface area contributed by atoms with Crippen molar-refractivity contribution >= 4 is 58.7 Å². The number of imide groups is 2. The highest BCUT2D eigenvalue weighted by Crippen LogP contribution is 2.33. The Kier molecular flexibility index (Phi) is 8.99. The second-order valence-electron chi connectivity index (χ2n) is 11.6. The molecule has 0 saturated carbocycles. The third-order valence-electron chi connectivity index (χ3n) is 7.89. The Morgan fingerprint density at radius 1 is 1.09 bits per heavy atom. The van der Waals surface area contributed by atoms with Crippen LogP contribution < -0.4 is 20.9 Å². The molecule has 0 aromatic heterocycles. The van der Waals surface area contributed by atoms with Crippen LogP contribution >= 0.6 is 11.6 Å². The Morgan fingerprint density at radius 2 is 1.83 bits per heavy atom. The van der Waals surface area contributed by atoms with Crippen LogP contribution in [0.3, 0.4) is 0 Å². The molecule has 3 heterocycles. The highest BCUT2D eigenvalue weighted by molar-refractivity contribution is 6.34. The number of carbonyl (C=O) groups excluding carboxylic acids is 5. The molecule has 46 heavy (non-hydrogen) atoms. The van der Waals surface area contributed by atoms with Gasteiger partial charge in [-0.25, -0.2) is 0 Å². The quantitative estimate of drug-likeness (QED) is 0.207. The summed E-state index contributed by atoms with van der Waals surface area (Å²) in [6.45, 7) is 6.26. The minimum atomic E-state index is -1.05. The van der Waals surface area contributed by atoms with E-state index in [1.54, 1.807) is 57.2 Å². The lowest BCUT2D eigenvalue weighted by Crippen LogP contribution is -2.54. The first-order valence-corrected chi connectivity index (χ1v) is 14.9. The Bertz CT molecular complexity index is 1840. The lowest BCUT2D eigenvalue weighted by Gasteiger charge is -2.38. The van der Waals surface area contributed by atoms with E-state index in [0.29, 0.717) is 29.4 Å². The predicted molar refractivity (Wildman–Crippen MR) is 173 cm³/mol. The van der Waals surface area contributed by atoms with E-state index in [4.69, 9.17) is 17.0 Å². The summed E-state index contributed by atoms with van der Waals surface area (Å²) in [7, 11) is 0. The molecule has 0 aliphatic carbocycles. The van der Waals surface area contributed by atoms with Crippen LogP contribution in [-0.2, 0) is 14.4 Å². The molecule has 12 heteroatoms. The maximum Gasteiger partial charge on any atom is 0.262 e. The second kappa shape index (κ2) is 12.9. The molecule has 5 rings (SSSR count). The van der Waals surface area contributed by atoms with Gasteiger partial charge in [-0.05, 0) is 63.6 Å². The number of anilines is 2. The molecule has 2 aromatic carbocycles. The van der Waals surface area contributed by atoms with Crippen molar-refractivity contribution in [3.63, 3.8) is 0 Å². The molecule has 0 bridgehead atoms. The topological polar surface area (TPSA) is 152 Å². The number of nitrogens with one attached hydrogen (secondary N) is 4. The van der Waals surface area contributed by atoms with Gasteiger partial charge in [0.05, 0.1) is 33.3 Å². The number of piperidine rings is 1. The summed E-state index contributed by atoms with van der Waals surface area (Å²) in [5.41, 5.74) is 1.73. The van der Waals surface area contributed by atoms with Crippen molar-refractivity contribution in [3.8, 4) is 23.7 Å². The van der Waals surface area contributed by atoms with Gasteiger partial charge in [-0.2, -0.15) is 0 Å². The minimum Gasteiger partial charge on any atom is -0.377 e. The molecule has 0 spiro atoms. The van der Waals surface area contributed by atoms with Crippen LogP contribution in [0, 0.1) is 35.0 Å². The second-order valence-corrected chi connectivity index (χ2v) is 12.0. The Hall–Kier alpha value is -5.39. The van der Waals surface area contributed by atoms with Crippen molar-refractivity contribution in [1.82, 2.24) is 15.5 Å². The number of amides is 5. The summed E-state index contributed by atoms with van der Waals surface area (Å²) in [5, 5.41) is 16.2. The fourth-order valence-corrected chi connectivity index (χ4v) is 5.40. The number of fused-ring (bicyclic) bond motifs is 1. The van der Waals surface area contributed by atoms with Crippen molar-refractivity contribution < 1.29 is 24.0 Å². The monoisotopic (exact) mass is 638 g/mol. The van der Waals surface area contributed by atoms with Crippen LogP contribution in [0.5, 0.6) is 0 Å². The number of rotatable bonds is 7. The molecule has 2 saturated heterocycles. The molecule has 3 aliphatic rings. The highest BCUT2D eigenvalue weighted by atomic mass is 35.5. The number of allylic oxidation sites excluding steroid dienone is 1. The maximum absolute atomic E-state index is 13.1. The van der Waals surface area contributed by atoms with Gasteiger partial charge in [0.2, 0.25) is 17.7 Å². The summed E-state index contributed by atoms with van der Waals surface area (Å²) >= 11 is 6.31. The third kappa shape index (κ3) is 6.51. The number of carbonyl (C=O) groups is 5. The maximum atomic E-state index is 13.1. The number of halogens is 1. The molecule has 0 radical (unpaired) electrons. The Morgan fingerprint density at radius 3 is 2.50 bits per heavy atom. The van der Waals surface area contributed by atoms with E-state index < -0.39 is 35.2 Å². The van der Waals surface area contributed by atoms with E-state index in [2.05, 4.69) is 39.6 Å². The molecule has 2 aromatic rings. The smallest absolute Gasteiger partial charge is 0.262 e. The third-order valence-corrected chi connectivity index (χ3v) is 8.20. The van der Waals surface area contributed by atoms with E-state index >= 15 is 0 Å². The first kappa shape index (κ1) is 32.0. The molecule has 234 valence electrons. The van der Waals surface area contributed by atoms with E-state index in [0.717, 1.165) is 22.4 Å². The SMILES string of the molecule is CC#Cc1ccc(NC(=O)C(C)(C)N/C=C(/C#CC2CN(c3ccc4c(c3)C(=O)N(C3CCC(=O)NC3=O)C4=O)C2)C=N)c(Cl)c1. The first-order chi connectivity index (χ1) is 21.9. The van der Waals surface area contributed by atoms with Gasteiger partial charge >= 0.3 is 0 Å². The van der Waals surface area contributed by atoms with E-state index in [1.807, 2.05) is 4.90 Å². The van der Waals surface area contributed by atoms with Gasteiger partial charge in [-0.3, -0.25) is 34.2 Å². The number of hydrogen-bond acceptors (Lipinski definition) is 8. The van der Waals surface area contributed by atoms with Gasteiger partial charge in [-0.1, -0.05) is 29.4 Å². The normalized spacial score (nSPS) is 18.0. The average Bonchev–Trinajstić information content (AvgIpc) is 3.24. The van der Waals surface area contributed by atoms with Crippen molar-refractivity contribution in [2.24, 2.45) is 5.92 Å². The molecule has 1 unspecified atom stereocenters. The summed E-state index contributed by atoms with van der Waals surface area (Å²) in [6, 6.07) is 9.11. The summed E-state index contributed by atoms with van der Waals surface area (Å²) in [4.78, 5) is 65.8. The zero-order valence-corrected chi connectivity index (χ0v) is 26.2. The van der Waals surface area contributed by atoms with E-state index in [-0.39, 0.29) is 35.8 Å². The van der Waals surface area contributed by atoms with Crippen molar-refractivity contribution in [3.05, 3.63) is 69.9 Å². The molecular formula is C34H31ClN6O5. The fraction of sp³-hybridized carbons (Fsp3) is 0.294. The molecule has 11 nitrogen and oxygen atoms in total. The molecule has 1 atom stereocenters. The number of hydrogen-bond donors (Lipinski definition) is 4. The van der Waals surface area contributed by atoms with Crippen molar-refractivity contribution in [1.29, 1.82) is 5.41 Å². The molecular weight excluding hydrogens is 608 g/mol. The highest BCUT2D eigenvalue weighted by Gasteiger charge is 2.45. The number of benzene rings is 2. The predicted octanol–water partition coefficient (Wildman–Crippen LogP) is 3.09. The molecule has 2 fully saturated rings. The van der Waals surface area contributed by atoms with Gasteiger partial charge in [0, 0.05) is 43.2 Å². The zero-order valence-electron chi connectivity index (χ0n) is 25.4. The van der Waals surface area contributed by atoms with Gasteiger partial charge in [0.15, 0.2) is 0 Å². The average molecular weight is 639 g/mol. The van der Waals surface area contributed by atoms with E-state index in [9.17, 15) is 24.0 Å². The van der Waals surface area contributed by atoms with Crippen LogP contribution in [0.15, 0.2) is 48.2 Å². The fourth-order valence-electron chi connectivity index (χ4n) is 5.18. The molecule has 3 aliphatic heterocycles. The summed E-state index contributed by atoms with van der Waals surface area (Å²) in [6.07, 6.45) is 2.78. The molecule has 4 N–H and O–H groups in total. The molecule has 5 amide bonds.